The Labute approximate surface area is 201 Å². The average Bonchev–Trinajstić information content (AvgIpc) is 3.28. The number of nitrogens with one attached hydrogen (secondary N) is 1. The van der Waals surface area contributed by atoms with Crippen LogP contribution in [-0.2, 0) is 11.3 Å². The van der Waals surface area contributed by atoms with E-state index in [0.29, 0.717) is 18.9 Å². The molecule has 9 nitrogen and oxygen atoms in total. The molecule has 1 aromatic carbocycles. The molecular weight excluding hydrogens is 430 g/mol. The third-order valence-electron chi connectivity index (χ3n) is 6.47. The summed E-state index contributed by atoms with van der Waals surface area (Å²) < 4.78 is 1.39. The Morgan fingerprint density at radius 3 is 2.29 bits per heavy atom. The summed E-state index contributed by atoms with van der Waals surface area (Å²) in [7, 11) is 0. The molecule has 2 aliphatic rings. The summed E-state index contributed by atoms with van der Waals surface area (Å²) in [5.41, 5.74) is 4.57. The summed E-state index contributed by atoms with van der Waals surface area (Å²) in [5.74, 6) is 0.769. The number of amides is 2. The number of benzene rings is 1. The number of carbonyl (C=O) groups excluding carboxylic acids is 2. The number of anilines is 2. The Morgan fingerprint density at radius 1 is 0.971 bits per heavy atom. The molecular formula is C25H35N7O2. The van der Waals surface area contributed by atoms with Gasteiger partial charge in [0, 0.05) is 89.5 Å². The topological polar surface area (TPSA) is 77.0 Å². The van der Waals surface area contributed by atoms with Crippen LogP contribution in [0.4, 0.5) is 16.3 Å². The van der Waals surface area contributed by atoms with Crippen molar-refractivity contribution in [2.24, 2.45) is 0 Å². The molecule has 3 heterocycles. The van der Waals surface area contributed by atoms with Crippen LogP contribution in [-0.4, -0.2) is 88.8 Å². The molecule has 0 unspecified atom stereocenters. The van der Waals surface area contributed by atoms with Crippen LogP contribution in [0.1, 0.15) is 25.0 Å². The minimum absolute atomic E-state index is 0.103. The number of aryl methyl sites for hydroxylation is 1. The van der Waals surface area contributed by atoms with Gasteiger partial charge in [-0.2, -0.15) is 4.68 Å². The molecule has 0 bridgehead atoms. The van der Waals surface area contributed by atoms with Gasteiger partial charge in [0.1, 0.15) is 0 Å². The summed E-state index contributed by atoms with van der Waals surface area (Å²) in [6.07, 6.45) is 1.68. The van der Waals surface area contributed by atoms with Crippen molar-refractivity contribution in [1.82, 2.24) is 24.5 Å². The van der Waals surface area contributed by atoms with Gasteiger partial charge in [-0.25, -0.2) is 4.79 Å². The molecule has 0 spiro atoms. The molecule has 0 atom stereocenters. The second kappa shape index (κ2) is 10.3. The summed E-state index contributed by atoms with van der Waals surface area (Å²) in [5, 5.41) is 7.34. The lowest BCUT2D eigenvalue weighted by atomic mass is 10.1. The van der Waals surface area contributed by atoms with E-state index in [9.17, 15) is 9.59 Å². The van der Waals surface area contributed by atoms with Crippen LogP contribution >= 0.6 is 0 Å². The molecule has 2 aliphatic heterocycles. The van der Waals surface area contributed by atoms with Crippen molar-refractivity contribution in [3.05, 3.63) is 53.9 Å². The Hall–Kier alpha value is -3.33. The lowest BCUT2D eigenvalue weighted by Gasteiger charge is -2.38. The number of hydrogen-bond acceptors (Lipinski definition) is 6. The van der Waals surface area contributed by atoms with Gasteiger partial charge in [0.05, 0.1) is 0 Å². The first-order valence-electron chi connectivity index (χ1n) is 11.9. The summed E-state index contributed by atoms with van der Waals surface area (Å²) in [6.45, 7) is 16.5. The monoisotopic (exact) mass is 465 g/mol. The van der Waals surface area contributed by atoms with Crippen molar-refractivity contribution in [1.29, 1.82) is 0 Å². The molecule has 4 rings (SSSR count). The van der Waals surface area contributed by atoms with Crippen molar-refractivity contribution in [3.8, 4) is 0 Å². The van der Waals surface area contributed by atoms with Crippen LogP contribution in [0, 0.1) is 6.92 Å². The highest BCUT2D eigenvalue weighted by molar-refractivity contribution is 5.76. The van der Waals surface area contributed by atoms with Crippen LogP contribution < -0.4 is 10.2 Å². The van der Waals surface area contributed by atoms with Crippen molar-refractivity contribution in [2.75, 3.05) is 62.6 Å². The van der Waals surface area contributed by atoms with Gasteiger partial charge in [-0.3, -0.25) is 9.69 Å². The molecule has 2 aromatic rings. The quantitative estimate of drug-likeness (QED) is 0.732. The van der Waals surface area contributed by atoms with Crippen LogP contribution in [0.15, 0.2) is 42.7 Å². The van der Waals surface area contributed by atoms with Gasteiger partial charge in [0.25, 0.3) is 0 Å². The highest BCUT2D eigenvalue weighted by atomic mass is 16.2. The minimum atomic E-state index is -0.103. The second-order valence-corrected chi connectivity index (χ2v) is 9.22. The fourth-order valence-corrected chi connectivity index (χ4v) is 4.56. The zero-order chi connectivity index (χ0) is 24.2. The van der Waals surface area contributed by atoms with Crippen LogP contribution in [0.3, 0.4) is 0 Å². The number of allylic oxidation sites excluding steroid dienone is 1. The maximum atomic E-state index is 12.9. The maximum absolute atomic E-state index is 12.9. The zero-order valence-corrected chi connectivity index (χ0v) is 20.5. The van der Waals surface area contributed by atoms with Gasteiger partial charge in [-0.05, 0) is 31.0 Å². The molecule has 1 N–H and O–H groups in total. The molecule has 2 amide bonds. The first-order chi connectivity index (χ1) is 16.3. The predicted octanol–water partition coefficient (Wildman–Crippen LogP) is 2.59. The minimum Gasteiger partial charge on any atom is -0.368 e. The number of hydrogen-bond donors (Lipinski definition) is 1. The molecule has 9 heteroatoms. The Kier molecular flexibility index (Phi) is 7.21. The van der Waals surface area contributed by atoms with Gasteiger partial charge >= 0.3 is 6.03 Å². The Morgan fingerprint density at radius 2 is 1.65 bits per heavy atom. The number of piperazine rings is 2. The fourth-order valence-electron chi connectivity index (χ4n) is 4.56. The lowest BCUT2D eigenvalue weighted by Crippen LogP contribution is -2.50. The number of aromatic nitrogens is 2. The molecule has 0 saturated carbocycles. The van der Waals surface area contributed by atoms with Crippen LogP contribution in [0.5, 0.6) is 0 Å². The maximum Gasteiger partial charge on any atom is 0.344 e. The van der Waals surface area contributed by atoms with Crippen LogP contribution in [0.25, 0.3) is 0 Å². The third-order valence-corrected chi connectivity index (χ3v) is 6.47. The van der Waals surface area contributed by atoms with E-state index in [4.69, 9.17) is 0 Å². The molecule has 2 saturated heterocycles. The normalized spacial score (nSPS) is 17.1. The fraction of sp³-hybridized carbons (Fsp3) is 0.480. The highest BCUT2D eigenvalue weighted by Gasteiger charge is 2.25. The Balaban J connectivity index is 1.35. The van der Waals surface area contributed by atoms with E-state index in [2.05, 4.69) is 51.9 Å². The van der Waals surface area contributed by atoms with E-state index < -0.39 is 0 Å². The van der Waals surface area contributed by atoms with Gasteiger partial charge < -0.3 is 20.0 Å². The van der Waals surface area contributed by atoms with E-state index in [0.717, 1.165) is 51.5 Å². The molecule has 182 valence electrons. The van der Waals surface area contributed by atoms with Crippen molar-refractivity contribution in [3.63, 3.8) is 0 Å². The first-order valence-corrected chi connectivity index (χ1v) is 11.9. The average molecular weight is 466 g/mol. The zero-order valence-electron chi connectivity index (χ0n) is 20.5. The van der Waals surface area contributed by atoms with Gasteiger partial charge in [0.15, 0.2) is 5.82 Å². The van der Waals surface area contributed by atoms with Gasteiger partial charge in [-0.1, -0.05) is 18.7 Å². The van der Waals surface area contributed by atoms with Crippen molar-refractivity contribution in [2.45, 2.75) is 27.3 Å². The molecule has 0 aliphatic carbocycles. The largest absolute Gasteiger partial charge is 0.368 e. The van der Waals surface area contributed by atoms with E-state index >= 15 is 0 Å². The van der Waals surface area contributed by atoms with Gasteiger partial charge in [-0.15, -0.1) is 5.10 Å². The SMILES string of the molecule is C=C(C)Nc1ccn(C(=O)N2CCN(Cc3ccc(C)cc3N3CCN(C(C)=O)CC3)CC2)n1. The van der Waals surface area contributed by atoms with E-state index in [1.165, 1.54) is 21.5 Å². The summed E-state index contributed by atoms with van der Waals surface area (Å²) in [6, 6.07) is 8.32. The van der Waals surface area contributed by atoms with E-state index in [1.807, 2.05) is 16.7 Å². The molecule has 2 fully saturated rings. The lowest BCUT2D eigenvalue weighted by molar-refractivity contribution is -0.129. The Bertz CT molecular complexity index is 1050. The van der Waals surface area contributed by atoms with Gasteiger partial charge in [0.2, 0.25) is 5.91 Å². The molecule has 0 radical (unpaired) electrons. The molecule has 34 heavy (non-hydrogen) atoms. The summed E-state index contributed by atoms with van der Waals surface area (Å²) >= 11 is 0. The number of nitrogens with zero attached hydrogens (tertiary/aromatic N) is 6. The van der Waals surface area contributed by atoms with E-state index in [-0.39, 0.29) is 11.9 Å². The first kappa shape index (κ1) is 23.8. The highest BCUT2D eigenvalue weighted by Crippen LogP contribution is 2.26. The van der Waals surface area contributed by atoms with E-state index in [1.54, 1.807) is 19.2 Å². The molecule has 1 aromatic heterocycles. The second-order valence-electron chi connectivity index (χ2n) is 9.22. The number of carbonyl (C=O) groups is 2. The standard InChI is InChI=1S/C25H35N7O2/c1-19(2)26-24-7-8-32(27-24)25(34)31-11-9-28(10-12-31)18-22-6-5-20(3)17-23(22)30-15-13-29(14-16-30)21(4)33/h5-8,17H,1,9-16,18H2,2-4H3,(H,26,27). The van der Waals surface area contributed by atoms with Crippen molar-refractivity contribution >= 4 is 23.4 Å². The predicted molar refractivity (Wildman–Crippen MR) is 134 cm³/mol. The van der Waals surface area contributed by atoms with Crippen LogP contribution in [0.2, 0.25) is 0 Å². The smallest absolute Gasteiger partial charge is 0.344 e. The third kappa shape index (κ3) is 5.59. The number of rotatable bonds is 5. The van der Waals surface area contributed by atoms with Crippen molar-refractivity contribution < 1.29 is 9.59 Å². The summed E-state index contributed by atoms with van der Waals surface area (Å²) in [4.78, 5) is 33.1.